The van der Waals surface area contributed by atoms with Crippen molar-refractivity contribution in [3.8, 4) is 5.69 Å². The van der Waals surface area contributed by atoms with Crippen molar-refractivity contribution in [2.45, 2.75) is 12.8 Å². The number of aliphatic hydroxyl groups excluding tert-OH is 1. The number of aryl methyl sites for hydroxylation is 1. The first-order valence-corrected chi connectivity index (χ1v) is 7.32. The second kappa shape index (κ2) is 5.61. The summed E-state index contributed by atoms with van der Waals surface area (Å²) < 4.78 is 9.93. The van der Waals surface area contributed by atoms with E-state index in [1.807, 2.05) is 0 Å². The van der Waals surface area contributed by atoms with Gasteiger partial charge in [0, 0.05) is 6.61 Å². The minimum absolute atomic E-state index is 0.120. The lowest BCUT2D eigenvalue weighted by atomic mass is 10.2. The van der Waals surface area contributed by atoms with Gasteiger partial charge in [0.2, 0.25) is 0 Å². The van der Waals surface area contributed by atoms with Gasteiger partial charge in [0.1, 0.15) is 17.1 Å². The molecule has 104 valence electrons. The largest absolute Gasteiger partial charge is 0.396 e. The number of aliphatic hydroxyl groups is 1. The highest BCUT2D eigenvalue weighted by Gasteiger charge is 2.21. The summed E-state index contributed by atoms with van der Waals surface area (Å²) in [5, 5.41) is 17.8. The predicted octanol–water partition coefficient (Wildman–Crippen LogP) is 3.23. The van der Waals surface area contributed by atoms with Crippen LogP contribution in [-0.4, -0.2) is 26.7 Å². The second-order valence-corrected chi connectivity index (χ2v) is 5.47. The van der Waals surface area contributed by atoms with Crippen molar-refractivity contribution >= 4 is 45.9 Å². The quantitative estimate of drug-likeness (QED) is 0.798. The molecular weight excluding hydrogens is 321 g/mol. The standard InChI is InChI=1S/C11H9Cl2N5OS/c12-7-4-8(13)11(10-9(7)15-20-16-10)18-5-6(14-17-18)2-1-3-19/h4-5,19H,1-3H2. The first-order valence-electron chi connectivity index (χ1n) is 5.83. The Hall–Kier alpha value is -1.28. The lowest BCUT2D eigenvalue weighted by Crippen LogP contribution is -1.97. The van der Waals surface area contributed by atoms with Gasteiger partial charge in [0.05, 0.1) is 33.3 Å². The first-order chi connectivity index (χ1) is 9.70. The molecule has 0 bridgehead atoms. The maximum Gasteiger partial charge on any atom is 0.133 e. The molecule has 2 heterocycles. The van der Waals surface area contributed by atoms with Gasteiger partial charge in [0.25, 0.3) is 0 Å². The molecule has 0 unspecified atom stereocenters. The molecule has 0 aliphatic carbocycles. The van der Waals surface area contributed by atoms with Crippen LogP contribution in [0.1, 0.15) is 12.1 Å². The summed E-state index contributed by atoms with van der Waals surface area (Å²) in [5.41, 5.74) is 2.60. The smallest absolute Gasteiger partial charge is 0.133 e. The zero-order valence-corrected chi connectivity index (χ0v) is 12.5. The van der Waals surface area contributed by atoms with Gasteiger partial charge in [-0.1, -0.05) is 28.4 Å². The van der Waals surface area contributed by atoms with Crippen molar-refractivity contribution in [2.24, 2.45) is 8.73 Å². The average Bonchev–Trinajstić information content (AvgIpc) is 3.05. The second-order valence-electron chi connectivity index (χ2n) is 4.13. The van der Waals surface area contributed by atoms with Gasteiger partial charge in [-0.15, -0.1) is 5.10 Å². The fourth-order valence-electron chi connectivity index (χ4n) is 1.86. The molecular formula is C11H9Cl2N5OS. The normalized spacial score (nSPS) is 12.6. The molecule has 3 rings (SSSR count). The molecule has 2 aromatic rings. The van der Waals surface area contributed by atoms with Gasteiger partial charge < -0.3 is 5.11 Å². The number of nitrogens with zero attached hydrogens (tertiary/aromatic N) is 5. The summed E-state index contributed by atoms with van der Waals surface area (Å²) in [6, 6.07) is 1.62. The zero-order chi connectivity index (χ0) is 14.1. The predicted molar refractivity (Wildman–Crippen MR) is 78.3 cm³/mol. The minimum atomic E-state index is 0.120. The van der Waals surface area contributed by atoms with Crippen LogP contribution < -0.4 is 0 Å². The Morgan fingerprint density at radius 2 is 2.00 bits per heavy atom. The summed E-state index contributed by atoms with van der Waals surface area (Å²) in [6.07, 6.45) is 3.06. The summed E-state index contributed by atoms with van der Waals surface area (Å²) >= 11 is 13.4. The van der Waals surface area contributed by atoms with E-state index in [0.29, 0.717) is 39.9 Å². The molecule has 1 N–H and O–H groups in total. The molecule has 0 saturated carbocycles. The van der Waals surface area contributed by atoms with Crippen molar-refractivity contribution in [1.82, 2.24) is 15.0 Å². The molecule has 1 aliphatic heterocycles. The summed E-state index contributed by atoms with van der Waals surface area (Å²) in [6.45, 7) is 0.120. The Morgan fingerprint density at radius 3 is 2.80 bits per heavy atom. The van der Waals surface area contributed by atoms with Crippen molar-refractivity contribution in [3.05, 3.63) is 28.0 Å². The monoisotopic (exact) mass is 329 g/mol. The topological polar surface area (TPSA) is 75.7 Å². The number of benzene rings is 1. The number of fused-ring (bicyclic) bond motifs is 1. The molecule has 1 aliphatic rings. The van der Waals surface area contributed by atoms with Gasteiger partial charge in [-0.25, -0.2) is 4.68 Å². The van der Waals surface area contributed by atoms with Crippen LogP contribution in [0.3, 0.4) is 0 Å². The number of halogens is 2. The highest BCUT2D eigenvalue weighted by molar-refractivity contribution is 7.58. The van der Waals surface area contributed by atoms with Gasteiger partial charge in [-0.2, -0.15) is 8.73 Å². The van der Waals surface area contributed by atoms with E-state index in [1.54, 1.807) is 16.9 Å². The molecule has 0 saturated heterocycles. The van der Waals surface area contributed by atoms with Gasteiger partial charge in [-0.05, 0) is 18.9 Å². The minimum Gasteiger partial charge on any atom is -0.396 e. The van der Waals surface area contributed by atoms with Gasteiger partial charge in [0.15, 0.2) is 0 Å². The Kier molecular flexibility index (Phi) is 3.84. The molecule has 9 heteroatoms. The fourth-order valence-corrected chi connectivity index (χ4v) is 3.06. The van der Waals surface area contributed by atoms with Crippen molar-refractivity contribution in [3.63, 3.8) is 0 Å². The lowest BCUT2D eigenvalue weighted by molar-refractivity contribution is 0.288. The lowest BCUT2D eigenvalue weighted by Gasteiger charge is -2.08. The summed E-state index contributed by atoms with van der Waals surface area (Å²) in [5.74, 6) is 0. The van der Waals surface area contributed by atoms with Crippen LogP contribution >= 0.6 is 23.2 Å². The van der Waals surface area contributed by atoms with Crippen LogP contribution in [-0.2, 0) is 17.8 Å². The maximum absolute atomic E-state index is 8.83. The Bertz CT molecular complexity index is 739. The van der Waals surface area contributed by atoms with Crippen molar-refractivity contribution in [1.29, 1.82) is 0 Å². The van der Waals surface area contributed by atoms with Crippen molar-refractivity contribution in [2.75, 3.05) is 6.61 Å². The molecule has 0 radical (unpaired) electrons. The van der Waals surface area contributed by atoms with E-state index in [-0.39, 0.29) is 6.61 Å². The third kappa shape index (κ3) is 2.37. The van der Waals surface area contributed by atoms with Gasteiger partial charge >= 0.3 is 0 Å². The highest BCUT2D eigenvalue weighted by atomic mass is 35.5. The van der Waals surface area contributed by atoms with E-state index in [2.05, 4.69) is 19.0 Å². The third-order valence-electron chi connectivity index (χ3n) is 2.78. The SMILES string of the molecule is OCCCc1cn(-c2c(Cl)cc(Cl)c3c2N=S=N3)nn1. The molecule has 0 spiro atoms. The average molecular weight is 330 g/mol. The summed E-state index contributed by atoms with van der Waals surface area (Å²) in [4.78, 5) is 0. The first kappa shape index (κ1) is 13.7. The van der Waals surface area contributed by atoms with Crippen LogP contribution in [0, 0.1) is 0 Å². The van der Waals surface area contributed by atoms with E-state index >= 15 is 0 Å². The van der Waals surface area contributed by atoms with Crippen LogP contribution in [0.25, 0.3) is 5.69 Å². The molecule has 20 heavy (non-hydrogen) atoms. The molecule has 0 fully saturated rings. The molecule has 1 aromatic carbocycles. The van der Waals surface area contributed by atoms with E-state index in [0.717, 1.165) is 17.0 Å². The third-order valence-corrected chi connectivity index (χ3v) is 3.88. The zero-order valence-electron chi connectivity index (χ0n) is 10.1. The Labute approximate surface area is 128 Å². The van der Waals surface area contributed by atoms with Crippen LogP contribution in [0.4, 0.5) is 11.4 Å². The summed E-state index contributed by atoms with van der Waals surface area (Å²) in [7, 11) is 0. The number of hydrogen-bond donors (Lipinski definition) is 1. The van der Waals surface area contributed by atoms with E-state index in [9.17, 15) is 0 Å². The molecule has 1 aromatic heterocycles. The molecule has 0 amide bonds. The Morgan fingerprint density at radius 1 is 1.20 bits per heavy atom. The van der Waals surface area contributed by atoms with E-state index in [4.69, 9.17) is 28.3 Å². The Balaban J connectivity index is 2.05. The number of rotatable bonds is 4. The van der Waals surface area contributed by atoms with Crippen LogP contribution in [0.2, 0.25) is 10.0 Å². The fraction of sp³-hybridized carbons (Fsp3) is 0.273. The van der Waals surface area contributed by atoms with E-state index in [1.165, 1.54) is 0 Å². The highest BCUT2D eigenvalue weighted by Crippen LogP contribution is 2.45. The molecule has 6 nitrogen and oxygen atoms in total. The van der Waals surface area contributed by atoms with Crippen molar-refractivity contribution < 1.29 is 5.11 Å². The molecule has 0 atom stereocenters. The van der Waals surface area contributed by atoms with Gasteiger partial charge in [-0.3, -0.25) is 0 Å². The van der Waals surface area contributed by atoms with Crippen LogP contribution in [0.5, 0.6) is 0 Å². The van der Waals surface area contributed by atoms with E-state index < -0.39 is 0 Å². The van der Waals surface area contributed by atoms with Crippen LogP contribution in [0.15, 0.2) is 21.0 Å². The number of aromatic nitrogens is 3. The number of hydrogen-bond acceptors (Lipinski definition) is 5. The maximum atomic E-state index is 8.83.